The largest absolute Gasteiger partial charge is 0.381 e. The number of carbonyl (C=O) groups is 1. The van der Waals surface area contributed by atoms with Crippen molar-refractivity contribution in [2.75, 3.05) is 37.7 Å². The van der Waals surface area contributed by atoms with Crippen molar-refractivity contribution in [2.45, 2.75) is 38.1 Å². The first-order valence-corrected chi connectivity index (χ1v) is 9.80. The summed E-state index contributed by atoms with van der Waals surface area (Å²) >= 11 is 0. The number of amides is 1. The van der Waals surface area contributed by atoms with Crippen molar-refractivity contribution in [1.82, 2.24) is 20.3 Å². The molecule has 4 rings (SSSR count). The van der Waals surface area contributed by atoms with Crippen molar-refractivity contribution < 1.29 is 9.53 Å². The molecule has 2 aliphatic rings. The first-order valence-electron chi connectivity index (χ1n) is 9.80. The number of nitrogens with one attached hydrogen (secondary N) is 2. The van der Waals surface area contributed by atoms with Crippen molar-refractivity contribution >= 4 is 22.8 Å². The fourth-order valence-corrected chi connectivity index (χ4v) is 4.12. The number of carbonyl (C=O) groups excluding carboxylic acids is 1. The zero-order chi connectivity index (χ0) is 18.9. The summed E-state index contributed by atoms with van der Waals surface area (Å²) in [7, 11) is 0. The number of hydrogen-bond acceptors (Lipinski definition) is 6. The zero-order valence-corrected chi connectivity index (χ0v) is 15.8. The van der Waals surface area contributed by atoms with E-state index in [4.69, 9.17) is 10.5 Å². The fraction of sp³-hybridized carbons (Fsp3) is 0.632. The summed E-state index contributed by atoms with van der Waals surface area (Å²) in [6, 6.07) is 0. The lowest BCUT2D eigenvalue weighted by molar-refractivity contribution is -0.128. The highest BCUT2D eigenvalue weighted by molar-refractivity contribution is 5.91. The molecule has 2 aliphatic heterocycles. The summed E-state index contributed by atoms with van der Waals surface area (Å²) < 4.78 is 5.33. The van der Waals surface area contributed by atoms with Crippen LogP contribution in [0, 0.1) is 5.92 Å². The second-order valence-corrected chi connectivity index (χ2v) is 7.73. The van der Waals surface area contributed by atoms with Gasteiger partial charge >= 0.3 is 0 Å². The predicted molar refractivity (Wildman–Crippen MR) is 104 cm³/mol. The van der Waals surface area contributed by atoms with E-state index in [-0.39, 0.29) is 11.8 Å². The standard InChI is InChI=1S/C19H28N6O2/c1-2-13-9-21-16-15(13)17(24-12-23-16)25-6-5-19(20,11-25)10-22-18(26)14-3-7-27-8-4-14/h9,12,14H,2-8,10-11,20H2,1H3,(H,22,26)(H,21,23,24)/t19-/m0/s1. The van der Waals surface area contributed by atoms with Gasteiger partial charge in [0.25, 0.3) is 0 Å². The number of aromatic amines is 1. The van der Waals surface area contributed by atoms with Crippen LogP contribution in [0.15, 0.2) is 12.5 Å². The van der Waals surface area contributed by atoms with Crippen LogP contribution in [0.3, 0.4) is 0 Å². The van der Waals surface area contributed by atoms with Gasteiger partial charge in [0.1, 0.15) is 17.8 Å². The van der Waals surface area contributed by atoms with Crippen molar-refractivity contribution in [2.24, 2.45) is 11.7 Å². The average molecular weight is 372 g/mol. The molecule has 27 heavy (non-hydrogen) atoms. The Kier molecular flexibility index (Phi) is 5.01. The van der Waals surface area contributed by atoms with E-state index in [1.54, 1.807) is 6.33 Å². The number of ether oxygens (including phenoxy) is 1. The normalized spacial score (nSPS) is 23.9. The second-order valence-electron chi connectivity index (χ2n) is 7.73. The van der Waals surface area contributed by atoms with Gasteiger partial charge in [0, 0.05) is 45.0 Å². The van der Waals surface area contributed by atoms with E-state index in [2.05, 4.69) is 32.1 Å². The maximum Gasteiger partial charge on any atom is 0.223 e. The number of H-pyrrole nitrogens is 1. The Morgan fingerprint density at radius 2 is 2.26 bits per heavy atom. The van der Waals surface area contributed by atoms with Crippen LogP contribution in [-0.4, -0.2) is 59.2 Å². The summed E-state index contributed by atoms with van der Waals surface area (Å²) in [4.78, 5) is 26.7. The smallest absolute Gasteiger partial charge is 0.223 e. The van der Waals surface area contributed by atoms with Gasteiger partial charge in [-0.1, -0.05) is 6.92 Å². The second kappa shape index (κ2) is 7.44. The van der Waals surface area contributed by atoms with E-state index in [0.29, 0.717) is 26.3 Å². The third-order valence-corrected chi connectivity index (χ3v) is 5.80. The van der Waals surface area contributed by atoms with Gasteiger partial charge in [-0.2, -0.15) is 0 Å². The van der Waals surface area contributed by atoms with Crippen molar-refractivity contribution in [3.63, 3.8) is 0 Å². The van der Waals surface area contributed by atoms with Gasteiger partial charge in [-0.3, -0.25) is 4.79 Å². The molecule has 0 radical (unpaired) electrons. The molecule has 8 heteroatoms. The molecule has 0 spiro atoms. The first-order chi connectivity index (χ1) is 13.1. The molecule has 2 aromatic rings. The van der Waals surface area contributed by atoms with Crippen molar-refractivity contribution in [3.8, 4) is 0 Å². The summed E-state index contributed by atoms with van der Waals surface area (Å²) in [6.45, 7) is 5.44. The van der Waals surface area contributed by atoms with Crippen LogP contribution in [0.1, 0.15) is 31.7 Å². The fourth-order valence-electron chi connectivity index (χ4n) is 4.12. The first kappa shape index (κ1) is 18.2. The molecule has 4 heterocycles. The minimum absolute atomic E-state index is 0.0494. The van der Waals surface area contributed by atoms with Gasteiger partial charge in [-0.25, -0.2) is 9.97 Å². The van der Waals surface area contributed by atoms with Crippen LogP contribution in [-0.2, 0) is 16.0 Å². The lowest BCUT2D eigenvalue weighted by Gasteiger charge is -2.27. The highest BCUT2D eigenvalue weighted by atomic mass is 16.5. The lowest BCUT2D eigenvalue weighted by atomic mass is 9.97. The molecule has 0 aromatic carbocycles. The third-order valence-electron chi connectivity index (χ3n) is 5.80. The van der Waals surface area contributed by atoms with Crippen LogP contribution < -0.4 is 16.0 Å². The van der Waals surface area contributed by atoms with E-state index in [9.17, 15) is 4.79 Å². The highest BCUT2D eigenvalue weighted by Crippen LogP contribution is 2.31. The number of nitrogens with two attached hydrogens (primary N) is 1. The number of aromatic nitrogens is 3. The van der Waals surface area contributed by atoms with Crippen LogP contribution >= 0.6 is 0 Å². The number of fused-ring (bicyclic) bond motifs is 1. The maximum absolute atomic E-state index is 12.4. The SMILES string of the molecule is CCc1c[nH]c2ncnc(N3CC[C@](N)(CNC(=O)C4CCOCC4)C3)c12. The van der Waals surface area contributed by atoms with E-state index in [1.807, 2.05) is 6.20 Å². The number of aryl methyl sites for hydroxylation is 1. The molecule has 1 atom stereocenters. The number of hydrogen-bond donors (Lipinski definition) is 3. The Labute approximate surface area is 158 Å². The predicted octanol–water partition coefficient (Wildman–Crippen LogP) is 0.971. The molecule has 8 nitrogen and oxygen atoms in total. The molecule has 4 N–H and O–H groups in total. The van der Waals surface area contributed by atoms with E-state index in [1.165, 1.54) is 5.56 Å². The molecule has 2 fully saturated rings. The summed E-state index contributed by atoms with van der Waals surface area (Å²) in [5.74, 6) is 1.08. The molecule has 146 valence electrons. The van der Waals surface area contributed by atoms with Crippen molar-refractivity contribution in [3.05, 3.63) is 18.1 Å². The molecule has 2 aromatic heterocycles. The van der Waals surface area contributed by atoms with Gasteiger partial charge < -0.3 is 25.7 Å². The Balaban J connectivity index is 1.43. The summed E-state index contributed by atoms with van der Waals surface area (Å²) in [5.41, 5.74) is 8.25. The molecule has 0 unspecified atom stereocenters. The van der Waals surface area contributed by atoms with Crippen molar-refractivity contribution in [1.29, 1.82) is 0 Å². The minimum Gasteiger partial charge on any atom is -0.381 e. The highest BCUT2D eigenvalue weighted by Gasteiger charge is 2.37. The molecule has 2 saturated heterocycles. The topological polar surface area (TPSA) is 109 Å². The Morgan fingerprint density at radius 3 is 3.04 bits per heavy atom. The summed E-state index contributed by atoms with van der Waals surface area (Å²) in [5, 5.41) is 4.16. The lowest BCUT2D eigenvalue weighted by Crippen LogP contribution is -2.53. The van der Waals surface area contributed by atoms with Crippen LogP contribution in [0.2, 0.25) is 0 Å². The van der Waals surface area contributed by atoms with E-state index in [0.717, 1.165) is 49.1 Å². The molecule has 0 aliphatic carbocycles. The zero-order valence-electron chi connectivity index (χ0n) is 15.8. The van der Waals surface area contributed by atoms with Gasteiger partial charge in [-0.15, -0.1) is 0 Å². The van der Waals surface area contributed by atoms with Gasteiger partial charge in [0.15, 0.2) is 0 Å². The number of anilines is 1. The molecule has 0 bridgehead atoms. The van der Waals surface area contributed by atoms with Crippen LogP contribution in [0.5, 0.6) is 0 Å². The minimum atomic E-state index is -0.444. The van der Waals surface area contributed by atoms with E-state index < -0.39 is 5.54 Å². The Bertz CT molecular complexity index is 816. The van der Waals surface area contributed by atoms with Gasteiger partial charge in [0.05, 0.1) is 10.9 Å². The quantitative estimate of drug-likeness (QED) is 0.722. The monoisotopic (exact) mass is 372 g/mol. The van der Waals surface area contributed by atoms with Gasteiger partial charge in [-0.05, 0) is 31.2 Å². The molecular formula is C19H28N6O2. The number of nitrogens with zero attached hydrogens (tertiary/aromatic N) is 3. The third kappa shape index (κ3) is 3.64. The Morgan fingerprint density at radius 1 is 1.44 bits per heavy atom. The summed E-state index contributed by atoms with van der Waals surface area (Å²) in [6.07, 6.45) is 6.92. The molecular weight excluding hydrogens is 344 g/mol. The number of rotatable bonds is 5. The Hall–Kier alpha value is -2.19. The molecule has 0 saturated carbocycles. The van der Waals surface area contributed by atoms with E-state index >= 15 is 0 Å². The average Bonchev–Trinajstić information content (AvgIpc) is 3.30. The van der Waals surface area contributed by atoms with Crippen LogP contribution in [0.4, 0.5) is 5.82 Å². The van der Waals surface area contributed by atoms with Crippen LogP contribution in [0.25, 0.3) is 11.0 Å². The maximum atomic E-state index is 12.4. The van der Waals surface area contributed by atoms with Gasteiger partial charge in [0.2, 0.25) is 5.91 Å². The molecule has 1 amide bonds.